The molecular formula is C23H34N2O2S. The highest BCUT2D eigenvalue weighted by Crippen LogP contribution is 2.64. The molecule has 4 fully saturated rings. The summed E-state index contributed by atoms with van der Waals surface area (Å²) >= 11 is 1.97. The van der Waals surface area contributed by atoms with Crippen LogP contribution in [0.5, 0.6) is 0 Å². The fourth-order valence-corrected chi connectivity index (χ4v) is 8.46. The molecule has 0 radical (unpaired) electrons. The number of fused-ring (bicyclic) bond motifs is 5. The van der Waals surface area contributed by atoms with Crippen molar-refractivity contribution in [1.29, 1.82) is 0 Å². The van der Waals surface area contributed by atoms with Crippen LogP contribution < -0.4 is 5.32 Å². The molecule has 4 nitrogen and oxygen atoms in total. The van der Waals surface area contributed by atoms with E-state index in [9.17, 15) is 9.59 Å². The maximum absolute atomic E-state index is 13.4. The second-order valence-corrected chi connectivity index (χ2v) is 11.5. The minimum Gasteiger partial charge on any atom is -0.387 e. The Bertz CT molecular complexity index is 715. The van der Waals surface area contributed by atoms with Gasteiger partial charge in [0.2, 0.25) is 5.91 Å². The van der Waals surface area contributed by atoms with Gasteiger partial charge < -0.3 is 10.2 Å². The summed E-state index contributed by atoms with van der Waals surface area (Å²) in [6, 6.07) is 0. The predicted octanol–water partition coefficient (Wildman–Crippen LogP) is 3.48. The van der Waals surface area contributed by atoms with Gasteiger partial charge in [-0.3, -0.25) is 9.59 Å². The van der Waals surface area contributed by atoms with E-state index in [4.69, 9.17) is 0 Å². The molecule has 1 N–H and O–H groups in total. The minimum atomic E-state index is 0.129. The fourth-order valence-electron chi connectivity index (χ4n) is 7.55. The highest BCUT2D eigenvalue weighted by molar-refractivity contribution is 7.99. The van der Waals surface area contributed by atoms with Crippen molar-refractivity contribution in [3.05, 3.63) is 11.8 Å². The number of carbonyl (C=O) groups is 2. The van der Waals surface area contributed by atoms with Crippen LogP contribution in [0.1, 0.15) is 52.4 Å². The number of nitrogens with zero attached hydrogens (tertiary/aromatic N) is 1. The Balaban J connectivity index is 1.39. The van der Waals surface area contributed by atoms with Crippen LogP contribution in [-0.2, 0) is 9.59 Å². The van der Waals surface area contributed by atoms with Gasteiger partial charge in [-0.1, -0.05) is 13.8 Å². The molecule has 28 heavy (non-hydrogen) atoms. The molecule has 6 atom stereocenters. The molecule has 3 aliphatic carbocycles. The van der Waals surface area contributed by atoms with E-state index in [1.807, 2.05) is 17.8 Å². The molecule has 0 aromatic carbocycles. The lowest BCUT2D eigenvalue weighted by Crippen LogP contribution is -2.57. The summed E-state index contributed by atoms with van der Waals surface area (Å²) < 4.78 is 0. The Labute approximate surface area is 173 Å². The van der Waals surface area contributed by atoms with Gasteiger partial charge in [-0.25, -0.2) is 0 Å². The molecule has 5 rings (SSSR count). The number of allylic oxidation sites excluding steroid dienone is 2. The SMILES string of the molecule is C[C@]12CCC(=O)C=C1NCC1C2CC[C@@]2(C)C1CC[C@@H]2C(=O)N1CCSCC1. The van der Waals surface area contributed by atoms with Crippen molar-refractivity contribution in [2.45, 2.75) is 52.4 Å². The zero-order valence-corrected chi connectivity index (χ0v) is 18.2. The van der Waals surface area contributed by atoms with Gasteiger partial charge in [0.15, 0.2) is 5.78 Å². The molecule has 0 spiro atoms. The smallest absolute Gasteiger partial charge is 0.226 e. The number of ketones is 1. The normalized spacial score (nSPS) is 45.4. The first-order chi connectivity index (χ1) is 13.4. The largest absolute Gasteiger partial charge is 0.387 e. The van der Waals surface area contributed by atoms with E-state index in [0.29, 0.717) is 30.1 Å². The van der Waals surface area contributed by atoms with Crippen molar-refractivity contribution in [3.63, 3.8) is 0 Å². The zero-order valence-electron chi connectivity index (χ0n) is 17.3. The minimum absolute atomic E-state index is 0.129. The summed E-state index contributed by atoms with van der Waals surface area (Å²) in [7, 11) is 0. The molecule has 5 aliphatic rings. The molecule has 2 saturated carbocycles. The molecular weight excluding hydrogens is 368 g/mol. The average molecular weight is 403 g/mol. The number of hydrogen-bond donors (Lipinski definition) is 1. The van der Waals surface area contributed by atoms with E-state index in [2.05, 4.69) is 24.1 Å². The monoisotopic (exact) mass is 402 g/mol. The summed E-state index contributed by atoms with van der Waals surface area (Å²) in [5.74, 6) is 5.09. The molecule has 2 heterocycles. The number of thioether (sulfide) groups is 1. The first kappa shape index (κ1) is 19.0. The maximum atomic E-state index is 13.4. The number of nitrogens with one attached hydrogen (secondary N) is 1. The first-order valence-corrected chi connectivity index (χ1v) is 12.4. The lowest BCUT2D eigenvalue weighted by Gasteiger charge is -2.58. The molecule has 2 saturated heterocycles. The molecule has 5 heteroatoms. The van der Waals surface area contributed by atoms with Gasteiger partial charge >= 0.3 is 0 Å². The van der Waals surface area contributed by atoms with Crippen LogP contribution in [-0.4, -0.2) is 47.7 Å². The van der Waals surface area contributed by atoms with Gasteiger partial charge in [-0.2, -0.15) is 11.8 Å². The van der Waals surface area contributed by atoms with Crippen LogP contribution in [0, 0.1) is 34.5 Å². The van der Waals surface area contributed by atoms with Crippen LogP contribution in [0.15, 0.2) is 11.8 Å². The zero-order chi connectivity index (χ0) is 19.5. The highest BCUT2D eigenvalue weighted by Gasteiger charge is 2.60. The third-order valence-corrected chi connectivity index (χ3v) is 10.2. The van der Waals surface area contributed by atoms with Crippen LogP contribution in [0.25, 0.3) is 0 Å². The predicted molar refractivity (Wildman–Crippen MR) is 113 cm³/mol. The Morgan fingerprint density at radius 2 is 1.93 bits per heavy atom. The third-order valence-electron chi connectivity index (χ3n) is 9.22. The van der Waals surface area contributed by atoms with Gasteiger partial charge in [0.1, 0.15) is 0 Å². The quantitative estimate of drug-likeness (QED) is 0.730. The van der Waals surface area contributed by atoms with Crippen molar-refractivity contribution in [3.8, 4) is 0 Å². The van der Waals surface area contributed by atoms with Crippen molar-refractivity contribution < 1.29 is 9.59 Å². The van der Waals surface area contributed by atoms with Crippen molar-refractivity contribution in [1.82, 2.24) is 10.2 Å². The van der Waals surface area contributed by atoms with Crippen LogP contribution >= 0.6 is 11.8 Å². The Morgan fingerprint density at radius 3 is 2.71 bits per heavy atom. The van der Waals surface area contributed by atoms with Gasteiger partial charge in [-0.15, -0.1) is 0 Å². The molecule has 2 aliphatic heterocycles. The molecule has 154 valence electrons. The molecule has 1 amide bonds. The average Bonchev–Trinajstić information content (AvgIpc) is 3.06. The Kier molecular flexibility index (Phi) is 4.61. The number of carbonyl (C=O) groups excluding carboxylic acids is 2. The van der Waals surface area contributed by atoms with Crippen molar-refractivity contribution in [2.24, 2.45) is 34.5 Å². The fraction of sp³-hybridized carbons (Fsp3) is 0.826. The summed E-state index contributed by atoms with van der Waals surface area (Å²) in [5.41, 5.74) is 1.49. The van der Waals surface area contributed by atoms with E-state index in [0.717, 1.165) is 44.0 Å². The van der Waals surface area contributed by atoms with Crippen LogP contribution in [0.2, 0.25) is 0 Å². The van der Waals surface area contributed by atoms with E-state index in [1.54, 1.807) is 0 Å². The number of amides is 1. The van der Waals surface area contributed by atoms with E-state index in [1.165, 1.54) is 25.0 Å². The second-order valence-electron chi connectivity index (χ2n) is 10.3. The lowest BCUT2D eigenvalue weighted by molar-refractivity contribution is -0.142. The van der Waals surface area contributed by atoms with Crippen molar-refractivity contribution >= 4 is 23.5 Å². The number of rotatable bonds is 1. The van der Waals surface area contributed by atoms with E-state index < -0.39 is 0 Å². The van der Waals surface area contributed by atoms with Gasteiger partial charge in [0, 0.05) is 60.7 Å². The topological polar surface area (TPSA) is 49.4 Å². The molecule has 3 unspecified atom stereocenters. The molecule has 0 aromatic heterocycles. The molecule has 0 aromatic rings. The standard InChI is InChI=1S/C23H34N2O2S/c1-22-8-6-18-16(14-24-20-13-15(26)5-7-23(18,20)2)17(22)3-4-19(22)21(27)25-9-11-28-12-10-25/h13,16-19,24H,3-12,14H2,1-2H3/t16?,17?,18?,19-,22+,23-/m1/s1. The van der Waals surface area contributed by atoms with E-state index >= 15 is 0 Å². The van der Waals surface area contributed by atoms with Crippen molar-refractivity contribution in [2.75, 3.05) is 31.1 Å². The molecule has 0 bridgehead atoms. The highest BCUT2D eigenvalue weighted by atomic mass is 32.2. The first-order valence-electron chi connectivity index (χ1n) is 11.3. The third kappa shape index (κ3) is 2.71. The van der Waals surface area contributed by atoms with Gasteiger partial charge in [0.25, 0.3) is 0 Å². The maximum Gasteiger partial charge on any atom is 0.226 e. The summed E-state index contributed by atoms with van der Waals surface area (Å²) in [5, 5.41) is 3.67. The van der Waals surface area contributed by atoms with Gasteiger partial charge in [0.05, 0.1) is 0 Å². The second kappa shape index (κ2) is 6.78. The number of piperidine rings is 1. The summed E-state index contributed by atoms with van der Waals surface area (Å²) in [6.45, 7) is 7.69. The van der Waals surface area contributed by atoms with E-state index in [-0.39, 0.29) is 22.5 Å². The Morgan fingerprint density at radius 1 is 1.14 bits per heavy atom. The summed E-state index contributed by atoms with van der Waals surface area (Å²) in [4.78, 5) is 27.5. The lowest BCUT2D eigenvalue weighted by atomic mass is 9.50. The van der Waals surface area contributed by atoms with Gasteiger partial charge in [-0.05, 0) is 55.3 Å². The summed E-state index contributed by atoms with van der Waals surface area (Å²) in [6.07, 6.45) is 8.24. The van der Waals surface area contributed by atoms with Crippen LogP contribution in [0.3, 0.4) is 0 Å². The number of hydrogen-bond acceptors (Lipinski definition) is 4. The Hall–Kier alpha value is -0.970. The van der Waals surface area contributed by atoms with Crippen LogP contribution in [0.4, 0.5) is 0 Å².